The number of carbonyl (C=O) groups excluding carboxylic acids is 3. The molecule has 2 heterocycles. The van der Waals surface area contributed by atoms with Crippen LogP contribution in [0.2, 0.25) is 0 Å². The van der Waals surface area contributed by atoms with Gasteiger partial charge in [-0.15, -0.1) is 0 Å². The van der Waals surface area contributed by atoms with E-state index >= 15 is 0 Å². The second-order valence-electron chi connectivity index (χ2n) is 8.72. The van der Waals surface area contributed by atoms with Crippen LogP contribution in [0.1, 0.15) is 42.1 Å². The third-order valence-corrected chi connectivity index (χ3v) is 5.98. The van der Waals surface area contributed by atoms with Crippen LogP contribution in [0.5, 0.6) is 0 Å². The average molecular weight is 522 g/mol. The molecule has 2 N–H and O–H groups in total. The predicted molar refractivity (Wildman–Crippen MR) is 135 cm³/mol. The zero-order chi connectivity index (χ0) is 26.3. The first kappa shape index (κ1) is 29.0. The van der Waals surface area contributed by atoms with Crippen molar-refractivity contribution in [3.63, 3.8) is 0 Å². The summed E-state index contributed by atoms with van der Waals surface area (Å²) in [5.41, 5.74) is 2.28. The van der Waals surface area contributed by atoms with Crippen LogP contribution in [0.15, 0.2) is 18.2 Å². The Labute approximate surface area is 218 Å². The molecule has 0 aliphatic carbocycles. The van der Waals surface area contributed by atoms with E-state index in [2.05, 4.69) is 17.6 Å². The van der Waals surface area contributed by atoms with Gasteiger partial charge in [-0.25, -0.2) is 0 Å². The van der Waals surface area contributed by atoms with E-state index in [1.165, 1.54) is 0 Å². The second kappa shape index (κ2) is 16.3. The van der Waals surface area contributed by atoms with E-state index in [0.717, 1.165) is 24.3 Å². The third kappa shape index (κ3) is 9.35. The highest BCUT2D eigenvalue weighted by Crippen LogP contribution is 2.32. The molecule has 37 heavy (non-hydrogen) atoms. The van der Waals surface area contributed by atoms with Gasteiger partial charge in [0.15, 0.2) is 0 Å². The fourth-order valence-electron chi connectivity index (χ4n) is 4.14. The number of piperidine rings is 1. The molecule has 1 fully saturated rings. The fraction of sp³-hybridized carbons (Fsp3) is 0.654. The number of imide groups is 1. The lowest BCUT2D eigenvalue weighted by molar-refractivity contribution is -0.136. The molecule has 1 saturated heterocycles. The summed E-state index contributed by atoms with van der Waals surface area (Å²) in [6, 6.07) is 4.87. The Morgan fingerprint density at radius 2 is 1.46 bits per heavy atom. The van der Waals surface area contributed by atoms with E-state index in [1.54, 1.807) is 11.0 Å². The lowest BCUT2D eigenvalue weighted by atomic mass is 10.0. The fourth-order valence-corrected chi connectivity index (χ4v) is 4.14. The van der Waals surface area contributed by atoms with Crippen molar-refractivity contribution in [3.05, 3.63) is 29.3 Å². The van der Waals surface area contributed by atoms with Gasteiger partial charge < -0.3 is 33.9 Å². The number of rotatable bonds is 19. The quantitative estimate of drug-likeness (QED) is 0.205. The van der Waals surface area contributed by atoms with Crippen molar-refractivity contribution in [3.8, 4) is 0 Å². The van der Waals surface area contributed by atoms with Crippen molar-refractivity contribution < 1.29 is 38.1 Å². The lowest BCUT2D eigenvalue weighted by Crippen LogP contribution is -2.52. The van der Waals surface area contributed by atoms with Gasteiger partial charge >= 0.3 is 0 Å². The molecule has 1 aromatic carbocycles. The molecule has 1 aromatic rings. The van der Waals surface area contributed by atoms with Crippen LogP contribution in [0.25, 0.3) is 0 Å². The summed E-state index contributed by atoms with van der Waals surface area (Å²) in [5.74, 6) is -0.890. The molecule has 11 heteroatoms. The van der Waals surface area contributed by atoms with E-state index in [9.17, 15) is 14.4 Å². The molecule has 0 radical (unpaired) electrons. The summed E-state index contributed by atoms with van der Waals surface area (Å²) in [6.07, 6.45) is 1.59. The smallest absolute Gasteiger partial charge is 0.255 e. The highest BCUT2D eigenvalue weighted by molar-refractivity contribution is 6.06. The van der Waals surface area contributed by atoms with Crippen LogP contribution in [0, 0.1) is 0 Å². The zero-order valence-electron chi connectivity index (χ0n) is 21.6. The van der Waals surface area contributed by atoms with E-state index < -0.39 is 11.9 Å². The summed E-state index contributed by atoms with van der Waals surface area (Å²) in [7, 11) is 0. The van der Waals surface area contributed by atoms with Gasteiger partial charge in [0.05, 0.1) is 59.5 Å². The van der Waals surface area contributed by atoms with Gasteiger partial charge in [-0.2, -0.15) is 0 Å². The summed E-state index contributed by atoms with van der Waals surface area (Å²) in [4.78, 5) is 38.1. The molecule has 0 bridgehead atoms. The van der Waals surface area contributed by atoms with Gasteiger partial charge in [-0.3, -0.25) is 19.7 Å². The molecule has 206 valence electrons. The van der Waals surface area contributed by atoms with E-state index in [4.69, 9.17) is 23.7 Å². The first-order chi connectivity index (χ1) is 18.1. The molecule has 0 saturated carbocycles. The van der Waals surface area contributed by atoms with Gasteiger partial charge in [-0.1, -0.05) is 13.0 Å². The molecule has 2 aliphatic rings. The van der Waals surface area contributed by atoms with Crippen LogP contribution < -0.4 is 10.6 Å². The van der Waals surface area contributed by atoms with E-state index in [1.807, 2.05) is 12.1 Å². The Balaban J connectivity index is 1.22. The standard InChI is InChI=1S/C26H39N3O8/c1-2-9-33-11-13-35-15-17-37-18-16-36-14-12-34-10-8-27-22-5-3-4-20-21(22)19-29(26(20)32)23-6-7-24(30)28-25(23)31/h3-5,23,27H,2,6-19H2,1H3,(H,28,30,31). The molecule has 2 aliphatic heterocycles. The van der Waals surface area contributed by atoms with Crippen molar-refractivity contribution in [2.24, 2.45) is 0 Å². The number of hydrogen-bond acceptors (Lipinski definition) is 9. The maximum Gasteiger partial charge on any atom is 0.255 e. The molecule has 0 aromatic heterocycles. The molecule has 3 amide bonds. The molecular formula is C26H39N3O8. The van der Waals surface area contributed by atoms with E-state index in [0.29, 0.717) is 84.5 Å². The normalized spacial score (nSPS) is 17.3. The van der Waals surface area contributed by atoms with Gasteiger partial charge in [-0.05, 0) is 25.0 Å². The SMILES string of the molecule is CCCOCCOCCOCCOCCOCCNc1cccc2c1CN(C1CCC(=O)NC1=O)C2=O. The number of fused-ring (bicyclic) bond motifs is 1. The van der Waals surface area contributed by atoms with Crippen LogP contribution in [0.4, 0.5) is 5.69 Å². The van der Waals surface area contributed by atoms with Crippen molar-refractivity contribution in [2.45, 2.75) is 38.8 Å². The van der Waals surface area contributed by atoms with Crippen molar-refractivity contribution in [1.29, 1.82) is 0 Å². The van der Waals surface area contributed by atoms with Gasteiger partial charge in [0.25, 0.3) is 5.91 Å². The summed E-state index contributed by atoms with van der Waals surface area (Å²) >= 11 is 0. The Bertz CT molecular complexity index is 881. The number of carbonyl (C=O) groups is 3. The first-order valence-corrected chi connectivity index (χ1v) is 13.0. The Hall–Kier alpha value is -2.57. The minimum absolute atomic E-state index is 0.185. The zero-order valence-corrected chi connectivity index (χ0v) is 21.6. The number of hydrogen-bond donors (Lipinski definition) is 2. The van der Waals surface area contributed by atoms with Crippen molar-refractivity contribution >= 4 is 23.4 Å². The number of nitrogens with one attached hydrogen (secondary N) is 2. The predicted octanol–water partition coefficient (Wildman–Crippen LogP) is 1.35. The molecule has 11 nitrogen and oxygen atoms in total. The van der Waals surface area contributed by atoms with Gasteiger partial charge in [0.2, 0.25) is 11.8 Å². The maximum absolute atomic E-state index is 12.9. The lowest BCUT2D eigenvalue weighted by Gasteiger charge is -2.29. The van der Waals surface area contributed by atoms with Crippen LogP contribution >= 0.6 is 0 Å². The number of nitrogens with zero attached hydrogens (tertiary/aromatic N) is 1. The molecule has 0 spiro atoms. The Kier molecular flexibility index (Phi) is 12.8. The second-order valence-corrected chi connectivity index (χ2v) is 8.72. The van der Waals surface area contributed by atoms with Crippen LogP contribution in [-0.4, -0.2) is 101 Å². The van der Waals surface area contributed by atoms with Gasteiger partial charge in [0.1, 0.15) is 6.04 Å². The molecular weight excluding hydrogens is 482 g/mol. The van der Waals surface area contributed by atoms with Crippen molar-refractivity contribution in [1.82, 2.24) is 10.2 Å². The largest absolute Gasteiger partial charge is 0.382 e. The summed E-state index contributed by atoms with van der Waals surface area (Å²) in [6.45, 7) is 8.43. The molecule has 3 rings (SSSR count). The minimum atomic E-state index is -0.622. The number of benzene rings is 1. The van der Waals surface area contributed by atoms with E-state index in [-0.39, 0.29) is 18.2 Å². The number of amides is 3. The highest BCUT2D eigenvalue weighted by atomic mass is 16.6. The van der Waals surface area contributed by atoms with Crippen LogP contribution in [-0.2, 0) is 39.8 Å². The number of anilines is 1. The van der Waals surface area contributed by atoms with Crippen LogP contribution in [0.3, 0.4) is 0 Å². The number of ether oxygens (including phenoxy) is 5. The molecule has 1 unspecified atom stereocenters. The Morgan fingerprint density at radius 1 is 0.865 bits per heavy atom. The molecule has 1 atom stereocenters. The summed E-state index contributed by atoms with van der Waals surface area (Å²) in [5, 5.41) is 5.64. The Morgan fingerprint density at radius 3 is 2.05 bits per heavy atom. The minimum Gasteiger partial charge on any atom is -0.382 e. The highest BCUT2D eigenvalue weighted by Gasteiger charge is 2.39. The average Bonchev–Trinajstić information content (AvgIpc) is 3.22. The monoisotopic (exact) mass is 521 g/mol. The third-order valence-electron chi connectivity index (χ3n) is 5.98. The van der Waals surface area contributed by atoms with Crippen molar-refractivity contribution in [2.75, 3.05) is 77.9 Å². The first-order valence-electron chi connectivity index (χ1n) is 13.0. The maximum atomic E-state index is 12.9. The summed E-state index contributed by atoms with van der Waals surface area (Å²) < 4.78 is 27.3. The van der Waals surface area contributed by atoms with Gasteiger partial charge in [0, 0.05) is 42.9 Å². The topological polar surface area (TPSA) is 125 Å².